The van der Waals surface area contributed by atoms with E-state index in [9.17, 15) is 9.90 Å². The number of carbonyl (C=O) groups is 1. The third-order valence-electron chi connectivity index (χ3n) is 2.73. The molecule has 1 aliphatic rings. The Bertz CT molecular complexity index is 221. The summed E-state index contributed by atoms with van der Waals surface area (Å²) in [7, 11) is 0. The molecule has 1 aliphatic heterocycles. The van der Waals surface area contributed by atoms with Gasteiger partial charge in [0.1, 0.15) is 6.10 Å². The second-order valence-electron chi connectivity index (χ2n) is 4.45. The fourth-order valence-corrected chi connectivity index (χ4v) is 1.52. The molecule has 0 bridgehead atoms. The number of aliphatic hydroxyl groups is 1. The predicted octanol–water partition coefficient (Wildman–Crippen LogP) is -0.0802. The first-order valence-electron chi connectivity index (χ1n) is 5.89. The summed E-state index contributed by atoms with van der Waals surface area (Å²) in [5, 5.41) is 15.4. The normalized spacial score (nSPS) is 21.8. The molecule has 1 saturated heterocycles. The van der Waals surface area contributed by atoms with Crippen LogP contribution in [0.4, 0.5) is 0 Å². The van der Waals surface area contributed by atoms with Gasteiger partial charge in [-0.1, -0.05) is 13.8 Å². The number of hydrogen-bond acceptors (Lipinski definition) is 4. The first-order valence-corrected chi connectivity index (χ1v) is 5.89. The molecule has 0 saturated carbocycles. The number of nitrogens with one attached hydrogen (secondary N) is 2. The highest BCUT2D eigenvalue weighted by molar-refractivity contribution is 5.85. The number of morpholine rings is 1. The highest BCUT2D eigenvalue weighted by atomic mass is 35.5. The molecule has 5 nitrogen and oxygen atoms in total. The van der Waals surface area contributed by atoms with Crippen molar-refractivity contribution in [1.82, 2.24) is 10.6 Å². The van der Waals surface area contributed by atoms with E-state index < -0.39 is 0 Å². The zero-order chi connectivity index (χ0) is 12.0. The maximum absolute atomic E-state index is 11.6. The third-order valence-corrected chi connectivity index (χ3v) is 2.73. The lowest BCUT2D eigenvalue weighted by Crippen LogP contribution is -2.48. The van der Waals surface area contributed by atoms with E-state index in [0.717, 1.165) is 6.54 Å². The smallest absolute Gasteiger partial charge is 0.250 e. The molecule has 1 heterocycles. The van der Waals surface area contributed by atoms with Crippen LogP contribution in [0.25, 0.3) is 0 Å². The molecule has 6 heteroatoms. The second-order valence-corrected chi connectivity index (χ2v) is 4.45. The average molecular weight is 267 g/mol. The Morgan fingerprint density at radius 3 is 2.82 bits per heavy atom. The van der Waals surface area contributed by atoms with Crippen molar-refractivity contribution in [3.63, 3.8) is 0 Å². The SMILES string of the molecule is CC(C)C(O)CCNC(=O)C1CNCCO1.Cl. The van der Waals surface area contributed by atoms with Crippen molar-refractivity contribution in [3.05, 3.63) is 0 Å². The summed E-state index contributed by atoms with van der Waals surface area (Å²) < 4.78 is 5.31. The molecule has 2 atom stereocenters. The van der Waals surface area contributed by atoms with Crippen LogP contribution in [0, 0.1) is 5.92 Å². The Hall–Kier alpha value is -0.360. The molecule has 0 aromatic carbocycles. The van der Waals surface area contributed by atoms with E-state index in [2.05, 4.69) is 10.6 Å². The molecule has 1 amide bonds. The fraction of sp³-hybridized carbons (Fsp3) is 0.909. The Kier molecular flexibility index (Phi) is 8.51. The van der Waals surface area contributed by atoms with Crippen LogP contribution < -0.4 is 10.6 Å². The Labute approximate surface area is 109 Å². The number of hydrogen-bond donors (Lipinski definition) is 3. The molecule has 3 N–H and O–H groups in total. The van der Waals surface area contributed by atoms with Crippen molar-refractivity contribution in [2.45, 2.75) is 32.5 Å². The summed E-state index contributed by atoms with van der Waals surface area (Å²) in [6.45, 7) is 6.36. The van der Waals surface area contributed by atoms with Crippen LogP contribution in [0.15, 0.2) is 0 Å². The van der Waals surface area contributed by atoms with Gasteiger partial charge >= 0.3 is 0 Å². The van der Waals surface area contributed by atoms with Crippen LogP contribution in [-0.2, 0) is 9.53 Å². The lowest BCUT2D eigenvalue weighted by atomic mass is 10.0. The molecule has 0 radical (unpaired) electrons. The summed E-state index contributed by atoms with van der Waals surface area (Å²) in [5.74, 6) is 0.132. The maximum Gasteiger partial charge on any atom is 0.250 e. The van der Waals surface area contributed by atoms with Crippen molar-refractivity contribution in [2.75, 3.05) is 26.2 Å². The molecule has 0 aliphatic carbocycles. The number of amides is 1. The summed E-state index contributed by atoms with van der Waals surface area (Å²) >= 11 is 0. The van der Waals surface area contributed by atoms with Crippen LogP contribution in [0.5, 0.6) is 0 Å². The molecular formula is C11H23ClN2O3. The Balaban J connectivity index is 0.00000256. The van der Waals surface area contributed by atoms with Crippen LogP contribution in [0.3, 0.4) is 0 Å². The zero-order valence-corrected chi connectivity index (χ0v) is 11.3. The van der Waals surface area contributed by atoms with E-state index in [4.69, 9.17) is 4.74 Å². The van der Waals surface area contributed by atoms with E-state index in [1.807, 2.05) is 13.8 Å². The van der Waals surface area contributed by atoms with Gasteiger partial charge < -0.3 is 20.5 Å². The highest BCUT2D eigenvalue weighted by Gasteiger charge is 2.21. The first-order chi connectivity index (χ1) is 7.61. The number of ether oxygens (including phenoxy) is 1. The van der Waals surface area contributed by atoms with Crippen LogP contribution >= 0.6 is 12.4 Å². The van der Waals surface area contributed by atoms with Gasteiger partial charge in [-0.25, -0.2) is 0 Å². The van der Waals surface area contributed by atoms with Crippen LogP contribution in [0.2, 0.25) is 0 Å². The molecule has 102 valence electrons. The quantitative estimate of drug-likeness (QED) is 0.651. The molecule has 1 rings (SSSR count). The number of carbonyl (C=O) groups excluding carboxylic acids is 1. The lowest BCUT2D eigenvalue weighted by Gasteiger charge is -2.23. The van der Waals surface area contributed by atoms with Gasteiger partial charge in [-0.3, -0.25) is 4.79 Å². The largest absolute Gasteiger partial charge is 0.393 e. The van der Waals surface area contributed by atoms with E-state index in [1.165, 1.54) is 0 Å². The summed E-state index contributed by atoms with van der Waals surface area (Å²) in [4.78, 5) is 11.6. The summed E-state index contributed by atoms with van der Waals surface area (Å²) in [6, 6.07) is 0. The van der Waals surface area contributed by atoms with Gasteiger partial charge in [0, 0.05) is 19.6 Å². The zero-order valence-electron chi connectivity index (χ0n) is 10.4. The van der Waals surface area contributed by atoms with E-state index in [-0.39, 0.29) is 36.4 Å². The molecule has 0 aromatic rings. The second kappa shape index (κ2) is 8.69. The number of halogens is 1. The van der Waals surface area contributed by atoms with Gasteiger partial charge in [-0.2, -0.15) is 0 Å². The molecular weight excluding hydrogens is 244 g/mol. The minimum atomic E-state index is -0.384. The first kappa shape index (κ1) is 16.6. The molecule has 17 heavy (non-hydrogen) atoms. The van der Waals surface area contributed by atoms with Gasteiger partial charge in [0.15, 0.2) is 0 Å². The minimum absolute atomic E-state index is 0. The maximum atomic E-state index is 11.6. The van der Waals surface area contributed by atoms with Gasteiger partial charge in [0.2, 0.25) is 5.91 Å². The summed E-state index contributed by atoms with van der Waals surface area (Å²) in [6.07, 6.45) is -0.153. The highest BCUT2D eigenvalue weighted by Crippen LogP contribution is 2.04. The van der Waals surface area contributed by atoms with E-state index >= 15 is 0 Å². The van der Waals surface area contributed by atoms with E-state index in [0.29, 0.717) is 26.1 Å². The molecule has 0 spiro atoms. The van der Waals surface area contributed by atoms with Crippen molar-refractivity contribution in [3.8, 4) is 0 Å². The summed E-state index contributed by atoms with van der Waals surface area (Å²) in [5.41, 5.74) is 0. The van der Waals surface area contributed by atoms with Crippen molar-refractivity contribution in [1.29, 1.82) is 0 Å². The molecule has 0 aromatic heterocycles. The van der Waals surface area contributed by atoms with Crippen molar-refractivity contribution < 1.29 is 14.6 Å². The standard InChI is InChI=1S/C11H22N2O3.ClH/c1-8(2)9(14)3-4-13-11(15)10-7-12-5-6-16-10;/h8-10,12,14H,3-7H2,1-2H3,(H,13,15);1H. The van der Waals surface area contributed by atoms with Gasteiger partial charge in [0.25, 0.3) is 0 Å². The van der Waals surface area contributed by atoms with E-state index in [1.54, 1.807) is 0 Å². The number of aliphatic hydroxyl groups excluding tert-OH is 1. The predicted molar refractivity (Wildman–Crippen MR) is 68.3 cm³/mol. The van der Waals surface area contributed by atoms with Gasteiger partial charge in [-0.05, 0) is 12.3 Å². The number of rotatable bonds is 5. The molecule has 2 unspecified atom stereocenters. The molecule has 1 fully saturated rings. The minimum Gasteiger partial charge on any atom is -0.393 e. The van der Waals surface area contributed by atoms with Crippen LogP contribution in [-0.4, -0.2) is 49.5 Å². The fourth-order valence-electron chi connectivity index (χ4n) is 1.52. The van der Waals surface area contributed by atoms with Crippen LogP contribution in [0.1, 0.15) is 20.3 Å². The lowest BCUT2D eigenvalue weighted by molar-refractivity contribution is -0.134. The van der Waals surface area contributed by atoms with Crippen molar-refractivity contribution in [2.24, 2.45) is 5.92 Å². The monoisotopic (exact) mass is 266 g/mol. The van der Waals surface area contributed by atoms with Crippen molar-refractivity contribution >= 4 is 18.3 Å². The Morgan fingerprint density at radius 1 is 1.59 bits per heavy atom. The Morgan fingerprint density at radius 2 is 2.29 bits per heavy atom. The van der Waals surface area contributed by atoms with Gasteiger partial charge in [0.05, 0.1) is 12.7 Å². The topological polar surface area (TPSA) is 70.6 Å². The van der Waals surface area contributed by atoms with Gasteiger partial charge in [-0.15, -0.1) is 12.4 Å². The third kappa shape index (κ3) is 6.21. The average Bonchev–Trinajstić information content (AvgIpc) is 2.29.